The summed E-state index contributed by atoms with van der Waals surface area (Å²) in [4.78, 5) is 18.0. The number of pyridine rings is 1. The molecule has 0 atom stereocenters. The molecule has 0 aliphatic carbocycles. The second-order valence-corrected chi connectivity index (χ2v) is 4.90. The molecule has 2 aromatic rings. The summed E-state index contributed by atoms with van der Waals surface area (Å²) >= 11 is 0. The zero-order valence-electron chi connectivity index (χ0n) is 12.2. The van der Waals surface area contributed by atoms with Gasteiger partial charge in [0.15, 0.2) is 0 Å². The van der Waals surface area contributed by atoms with E-state index in [0.29, 0.717) is 17.8 Å². The number of nitrogens with two attached hydrogens (primary N) is 1. The average molecular weight is 285 g/mol. The van der Waals surface area contributed by atoms with Gasteiger partial charge < -0.3 is 10.5 Å². The van der Waals surface area contributed by atoms with Crippen molar-refractivity contribution in [1.82, 2.24) is 9.88 Å². The number of benzene rings is 1. The smallest absolute Gasteiger partial charge is 0.340 e. The second-order valence-electron chi connectivity index (χ2n) is 4.90. The lowest BCUT2D eigenvalue weighted by Crippen LogP contribution is -2.20. The van der Waals surface area contributed by atoms with Crippen LogP contribution in [-0.2, 0) is 17.8 Å². The predicted molar refractivity (Wildman–Crippen MR) is 81.6 cm³/mol. The number of hydrogen-bond donors (Lipinski definition) is 1. The Labute approximate surface area is 124 Å². The van der Waals surface area contributed by atoms with E-state index in [0.717, 1.165) is 17.7 Å². The van der Waals surface area contributed by atoms with Crippen molar-refractivity contribution in [3.05, 3.63) is 59.4 Å². The molecule has 5 heteroatoms. The van der Waals surface area contributed by atoms with Crippen molar-refractivity contribution in [2.75, 3.05) is 19.9 Å². The van der Waals surface area contributed by atoms with Gasteiger partial charge >= 0.3 is 5.97 Å². The largest absolute Gasteiger partial charge is 0.465 e. The highest BCUT2D eigenvalue weighted by molar-refractivity contribution is 5.96. The van der Waals surface area contributed by atoms with E-state index in [1.54, 1.807) is 18.5 Å². The quantitative estimate of drug-likeness (QED) is 0.673. The maximum Gasteiger partial charge on any atom is 0.340 e. The number of hydrogen-bond acceptors (Lipinski definition) is 5. The Morgan fingerprint density at radius 2 is 1.95 bits per heavy atom. The van der Waals surface area contributed by atoms with Gasteiger partial charge in [-0.2, -0.15) is 0 Å². The molecule has 0 spiro atoms. The van der Waals surface area contributed by atoms with E-state index in [-0.39, 0.29) is 0 Å². The van der Waals surface area contributed by atoms with Crippen LogP contribution in [0.3, 0.4) is 0 Å². The van der Waals surface area contributed by atoms with Crippen LogP contribution < -0.4 is 5.73 Å². The highest BCUT2D eigenvalue weighted by Gasteiger charge is 2.16. The number of ether oxygens (including phenoxy) is 1. The fourth-order valence-corrected chi connectivity index (χ4v) is 2.25. The van der Waals surface area contributed by atoms with Gasteiger partial charge in [0.2, 0.25) is 0 Å². The first kappa shape index (κ1) is 15.0. The SMILES string of the molecule is COC(=O)c1c(N)cccc1CN(C)Cc1ccncc1. The van der Waals surface area contributed by atoms with Gasteiger partial charge in [0.05, 0.1) is 12.7 Å². The third-order valence-corrected chi connectivity index (χ3v) is 3.21. The summed E-state index contributed by atoms with van der Waals surface area (Å²) in [6, 6.07) is 9.38. The average Bonchev–Trinajstić information content (AvgIpc) is 2.47. The fraction of sp³-hybridized carbons (Fsp3) is 0.250. The molecular weight excluding hydrogens is 266 g/mol. The Balaban J connectivity index is 2.16. The Morgan fingerprint density at radius 3 is 2.62 bits per heavy atom. The molecule has 0 unspecified atom stereocenters. The summed E-state index contributed by atoms with van der Waals surface area (Å²) in [5.74, 6) is -0.402. The van der Waals surface area contributed by atoms with Crippen LogP contribution in [0.15, 0.2) is 42.7 Å². The molecule has 0 saturated carbocycles. The van der Waals surface area contributed by atoms with Crippen molar-refractivity contribution in [3.63, 3.8) is 0 Å². The molecule has 1 aromatic heterocycles. The minimum absolute atomic E-state index is 0.402. The van der Waals surface area contributed by atoms with E-state index in [1.165, 1.54) is 7.11 Å². The first-order valence-corrected chi connectivity index (χ1v) is 6.65. The minimum Gasteiger partial charge on any atom is -0.465 e. The van der Waals surface area contributed by atoms with Crippen molar-refractivity contribution in [2.24, 2.45) is 0 Å². The van der Waals surface area contributed by atoms with Crippen molar-refractivity contribution >= 4 is 11.7 Å². The van der Waals surface area contributed by atoms with Gasteiger partial charge in [-0.05, 0) is 36.4 Å². The lowest BCUT2D eigenvalue weighted by atomic mass is 10.0. The molecule has 0 fully saturated rings. The van der Waals surface area contributed by atoms with Gasteiger partial charge in [-0.3, -0.25) is 9.88 Å². The lowest BCUT2D eigenvalue weighted by molar-refractivity contribution is 0.0599. The standard InChI is InChI=1S/C16H19N3O2/c1-19(10-12-6-8-18-9-7-12)11-13-4-3-5-14(17)15(13)16(20)21-2/h3-9H,10-11,17H2,1-2H3. The van der Waals surface area contributed by atoms with E-state index in [4.69, 9.17) is 10.5 Å². The van der Waals surface area contributed by atoms with Gasteiger partial charge in [0, 0.05) is 31.2 Å². The van der Waals surface area contributed by atoms with E-state index < -0.39 is 5.97 Å². The highest BCUT2D eigenvalue weighted by Crippen LogP contribution is 2.20. The second kappa shape index (κ2) is 6.85. The van der Waals surface area contributed by atoms with Crippen LogP contribution in [-0.4, -0.2) is 30.0 Å². The van der Waals surface area contributed by atoms with Crippen LogP contribution in [0.5, 0.6) is 0 Å². The molecule has 1 aromatic carbocycles. The van der Waals surface area contributed by atoms with E-state index in [2.05, 4.69) is 9.88 Å². The van der Waals surface area contributed by atoms with Gasteiger partial charge in [-0.1, -0.05) is 12.1 Å². The summed E-state index contributed by atoms with van der Waals surface area (Å²) in [7, 11) is 3.35. The topological polar surface area (TPSA) is 68.5 Å². The summed E-state index contributed by atoms with van der Waals surface area (Å²) in [6.45, 7) is 1.37. The van der Waals surface area contributed by atoms with Crippen LogP contribution in [0.2, 0.25) is 0 Å². The number of nitrogen functional groups attached to an aromatic ring is 1. The Bertz CT molecular complexity index is 614. The first-order valence-electron chi connectivity index (χ1n) is 6.65. The predicted octanol–water partition coefficient (Wildman–Crippen LogP) is 2.08. The van der Waals surface area contributed by atoms with E-state index >= 15 is 0 Å². The van der Waals surface area contributed by atoms with E-state index in [9.17, 15) is 4.79 Å². The summed E-state index contributed by atoms with van der Waals surface area (Å²) in [5.41, 5.74) is 8.81. The van der Waals surface area contributed by atoms with Crippen molar-refractivity contribution in [1.29, 1.82) is 0 Å². The molecular formula is C16H19N3O2. The molecule has 21 heavy (non-hydrogen) atoms. The molecule has 2 rings (SSSR count). The zero-order chi connectivity index (χ0) is 15.2. The molecule has 1 heterocycles. The van der Waals surface area contributed by atoms with Crippen LogP contribution in [0.25, 0.3) is 0 Å². The number of anilines is 1. The summed E-state index contributed by atoms with van der Waals surface area (Å²) in [5, 5.41) is 0. The van der Waals surface area contributed by atoms with Crippen molar-refractivity contribution < 1.29 is 9.53 Å². The van der Waals surface area contributed by atoms with Crippen molar-refractivity contribution in [3.8, 4) is 0 Å². The Morgan fingerprint density at radius 1 is 1.24 bits per heavy atom. The number of rotatable bonds is 5. The number of esters is 1. The van der Waals surface area contributed by atoms with Crippen LogP contribution >= 0.6 is 0 Å². The molecule has 0 amide bonds. The van der Waals surface area contributed by atoms with Gasteiger partial charge in [-0.15, -0.1) is 0 Å². The number of carbonyl (C=O) groups excluding carboxylic acids is 1. The maximum absolute atomic E-state index is 11.9. The molecule has 0 saturated heterocycles. The fourth-order valence-electron chi connectivity index (χ4n) is 2.25. The van der Waals surface area contributed by atoms with Crippen molar-refractivity contribution in [2.45, 2.75) is 13.1 Å². The van der Waals surface area contributed by atoms with Gasteiger partial charge in [0.25, 0.3) is 0 Å². The lowest BCUT2D eigenvalue weighted by Gasteiger charge is -2.19. The molecule has 110 valence electrons. The first-order chi connectivity index (χ1) is 10.1. The van der Waals surface area contributed by atoms with Gasteiger partial charge in [0.1, 0.15) is 0 Å². The van der Waals surface area contributed by atoms with E-state index in [1.807, 2.05) is 31.3 Å². The Kier molecular flexibility index (Phi) is 4.90. The number of nitrogens with zero attached hydrogens (tertiary/aromatic N) is 2. The monoisotopic (exact) mass is 285 g/mol. The molecule has 0 bridgehead atoms. The Hall–Kier alpha value is -2.40. The summed E-state index contributed by atoms with van der Waals surface area (Å²) in [6.07, 6.45) is 3.53. The highest BCUT2D eigenvalue weighted by atomic mass is 16.5. The molecule has 0 aliphatic rings. The maximum atomic E-state index is 11.9. The molecule has 5 nitrogen and oxygen atoms in total. The summed E-state index contributed by atoms with van der Waals surface area (Å²) < 4.78 is 4.81. The van der Waals surface area contributed by atoms with Gasteiger partial charge in [-0.25, -0.2) is 4.79 Å². The van der Waals surface area contributed by atoms with Crippen LogP contribution in [0.1, 0.15) is 21.5 Å². The number of aromatic nitrogens is 1. The van der Waals surface area contributed by atoms with Crippen LogP contribution in [0, 0.1) is 0 Å². The third kappa shape index (κ3) is 3.79. The number of methoxy groups -OCH3 is 1. The normalized spacial score (nSPS) is 10.6. The molecule has 0 radical (unpaired) electrons. The molecule has 0 aliphatic heterocycles. The van der Waals surface area contributed by atoms with Crippen LogP contribution in [0.4, 0.5) is 5.69 Å². The number of carbonyl (C=O) groups is 1. The minimum atomic E-state index is -0.402. The zero-order valence-corrected chi connectivity index (χ0v) is 12.2. The molecule has 2 N–H and O–H groups in total. The third-order valence-electron chi connectivity index (χ3n) is 3.21.